The summed E-state index contributed by atoms with van der Waals surface area (Å²) in [6.07, 6.45) is 1.57. The number of amides is 1. The SMILES string of the molecule is NNC(=O)c1cc(I)cnc1N. The number of pyridine rings is 1. The molecule has 0 aromatic carbocycles. The number of nitrogen functional groups attached to an aromatic ring is 2. The first-order chi connectivity index (χ1) is 5.65. The number of carbonyl (C=O) groups is 1. The number of halogens is 1. The Morgan fingerprint density at radius 3 is 2.92 bits per heavy atom. The van der Waals surface area contributed by atoms with Crippen molar-refractivity contribution >= 4 is 34.3 Å². The lowest BCUT2D eigenvalue weighted by molar-refractivity contribution is 0.0954. The van der Waals surface area contributed by atoms with Crippen molar-refractivity contribution in [1.82, 2.24) is 10.4 Å². The van der Waals surface area contributed by atoms with Gasteiger partial charge in [-0.05, 0) is 28.7 Å². The van der Waals surface area contributed by atoms with E-state index >= 15 is 0 Å². The molecule has 0 aliphatic rings. The van der Waals surface area contributed by atoms with Crippen LogP contribution in [-0.4, -0.2) is 10.9 Å². The molecule has 12 heavy (non-hydrogen) atoms. The number of nitrogens with two attached hydrogens (primary N) is 2. The molecule has 0 saturated carbocycles. The summed E-state index contributed by atoms with van der Waals surface area (Å²) in [5.74, 6) is 4.68. The largest absolute Gasteiger partial charge is 0.383 e. The van der Waals surface area contributed by atoms with Crippen molar-refractivity contribution in [2.45, 2.75) is 0 Å². The first-order valence-electron chi connectivity index (χ1n) is 3.07. The molecular weight excluding hydrogens is 271 g/mol. The van der Waals surface area contributed by atoms with Crippen molar-refractivity contribution in [2.24, 2.45) is 5.84 Å². The molecule has 1 rings (SSSR count). The summed E-state index contributed by atoms with van der Waals surface area (Å²) in [4.78, 5) is 14.8. The second-order valence-corrected chi connectivity index (χ2v) is 3.31. The number of hydrazine groups is 1. The third-order valence-electron chi connectivity index (χ3n) is 1.26. The maximum Gasteiger partial charge on any atom is 0.268 e. The van der Waals surface area contributed by atoms with Crippen LogP contribution in [0.3, 0.4) is 0 Å². The number of hydrogen-bond donors (Lipinski definition) is 3. The smallest absolute Gasteiger partial charge is 0.268 e. The topological polar surface area (TPSA) is 94.0 Å². The van der Waals surface area contributed by atoms with Crippen LogP contribution in [0.25, 0.3) is 0 Å². The molecule has 0 aliphatic carbocycles. The van der Waals surface area contributed by atoms with E-state index in [2.05, 4.69) is 4.98 Å². The van der Waals surface area contributed by atoms with Crippen LogP contribution in [0, 0.1) is 3.57 Å². The van der Waals surface area contributed by atoms with Crippen LogP contribution < -0.4 is 17.0 Å². The number of nitrogens with zero attached hydrogens (tertiary/aromatic N) is 1. The van der Waals surface area contributed by atoms with Crippen molar-refractivity contribution in [1.29, 1.82) is 0 Å². The van der Waals surface area contributed by atoms with E-state index in [1.165, 1.54) is 0 Å². The van der Waals surface area contributed by atoms with E-state index in [0.29, 0.717) is 5.56 Å². The minimum atomic E-state index is -0.432. The summed E-state index contributed by atoms with van der Waals surface area (Å²) in [7, 11) is 0. The Labute approximate surface area is 82.6 Å². The minimum absolute atomic E-state index is 0.179. The molecular formula is C6H7IN4O. The Kier molecular flexibility index (Phi) is 2.82. The summed E-state index contributed by atoms with van der Waals surface area (Å²) < 4.78 is 0.834. The lowest BCUT2D eigenvalue weighted by atomic mass is 10.2. The quantitative estimate of drug-likeness (QED) is 0.289. The highest BCUT2D eigenvalue weighted by atomic mass is 127. The van der Waals surface area contributed by atoms with Crippen molar-refractivity contribution < 1.29 is 4.79 Å². The second-order valence-electron chi connectivity index (χ2n) is 2.06. The fourth-order valence-electron chi connectivity index (χ4n) is 0.709. The molecule has 0 unspecified atom stereocenters. The minimum Gasteiger partial charge on any atom is -0.383 e. The molecule has 6 heteroatoms. The molecule has 1 aromatic rings. The highest BCUT2D eigenvalue weighted by Crippen LogP contribution is 2.11. The zero-order chi connectivity index (χ0) is 9.14. The molecule has 1 heterocycles. The lowest BCUT2D eigenvalue weighted by Crippen LogP contribution is -2.30. The van der Waals surface area contributed by atoms with E-state index in [1.807, 2.05) is 28.0 Å². The molecule has 64 valence electrons. The standard InChI is InChI=1S/C6H7IN4O/c7-3-1-4(6(12)11-9)5(8)10-2-3/h1-2H,9H2,(H2,8,10)(H,11,12). The van der Waals surface area contributed by atoms with E-state index in [-0.39, 0.29) is 5.82 Å². The molecule has 1 aromatic heterocycles. The van der Waals surface area contributed by atoms with Gasteiger partial charge in [-0.3, -0.25) is 10.2 Å². The average Bonchev–Trinajstić information content (AvgIpc) is 2.08. The number of aromatic nitrogens is 1. The first kappa shape index (κ1) is 9.20. The zero-order valence-electron chi connectivity index (χ0n) is 6.04. The highest BCUT2D eigenvalue weighted by molar-refractivity contribution is 14.1. The molecule has 0 radical (unpaired) electrons. The van der Waals surface area contributed by atoms with Crippen LogP contribution in [0.5, 0.6) is 0 Å². The summed E-state index contributed by atoms with van der Waals surface area (Å²) in [5.41, 5.74) is 7.72. The predicted molar refractivity (Wildman–Crippen MR) is 53.0 cm³/mol. The number of anilines is 1. The molecule has 0 atom stereocenters. The molecule has 1 amide bonds. The van der Waals surface area contributed by atoms with Crippen molar-refractivity contribution in [3.05, 3.63) is 21.4 Å². The molecule has 0 saturated heterocycles. The summed E-state index contributed by atoms with van der Waals surface area (Å²) in [6, 6.07) is 1.62. The maximum absolute atomic E-state index is 11.0. The first-order valence-corrected chi connectivity index (χ1v) is 4.15. The Bertz CT molecular complexity index is 314. The molecule has 0 aliphatic heterocycles. The van der Waals surface area contributed by atoms with Gasteiger partial charge in [-0.1, -0.05) is 0 Å². The molecule has 0 fully saturated rings. The Hall–Kier alpha value is -0.890. The number of rotatable bonds is 1. The van der Waals surface area contributed by atoms with Crippen LogP contribution in [0.4, 0.5) is 5.82 Å². The third-order valence-corrected chi connectivity index (χ3v) is 1.85. The van der Waals surface area contributed by atoms with Gasteiger partial charge in [0.2, 0.25) is 0 Å². The predicted octanol–water partition coefficient (Wildman–Crippen LogP) is -0.128. The summed E-state index contributed by atoms with van der Waals surface area (Å²) in [5, 5.41) is 0. The monoisotopic (exact) mass is 278 g/mol. The molecule has 5 N–H and O–H groups in total. The van der Waals surface area contributed by atoms with Gasteiger partial charge in [-0.2, -0.15) is 0 Å². The molecule has 0 spiro atoms. The fraction of sp³-hybridized carbons (Fsp3) is 0. The van der Waals surface area contributed by atoms with Gasteiger partial charge in [0.15, 0.2) is 0 Å². The Balaban J connectivity index is 3.13. The summed E-state index contributed by atoms with van der Waals surface area (Å²) in [6.45, 7) is 0. The Morgan fingerprint density at radius 2 is 2.33 bits per heavy atom. The molecule has 0 bridgehead atoms. The van der Waals surface area contributed by atoms with Gasteiger partial charge in [0.25, 0.3) is 5.91 Å². The lowest BCUT2D eigenvalue weighted by Gasteiger charge is -2.02. The molecule has 5 nitrogen and oxygen atoms in total. The van der Waals surface area contributed by atoms with Crippen LogP contribution in [0.2, 0.25) is 0 Å². The third kappa shape index (κ3) is 1.83. The second kappa shape index (κ2) is 3.68. The van der Waals surface area contributed by atoms with Crippen LogP contribution >= 0.6 is 22.6 Å². The van der Waals surface area contributed by atoms with Gasteiger partial charge >= 0.3 is 0 Å². The van der Waals surface area contributed by atoms with Crippen molar-refractivity contribution in [3.63, 3.8) is 0 Å². The van der Waals surface area contributed by atoms with Crippen molar-refractivity contribution in [2.75, 3.05) is 5.73 Å². The van der Waals surface area contributed by atoms with Gasteiger partial charge < -0.3 is 5.73 Å². The number of carbonyl (C=O) groups excluding carboxylic acids is 1. The van der Waals surface area contributed by atoms with Gasteiger partial charge in [0.05, 0.1) is 5.56 Å². The number of nitrogens with one attached hydrogen (secondary N) is 1. The zero-order valence-corrected chi connectivity index (χ0v) is 8.20. The van der Waals surface area contributed by atoms with E-state index in [0.717, 1.165) is 3.57 Å². The highest BCUT2D eigenvalue weighted by Gasteiger charge is 2.08. The van der Waals surface area contributed by atoms with Crippen LogP contribution in [-0.2, 0) is 0 Å². The van der Waals surface area contributed by atoms with E-state index in [1.54, 1.807) is 12.3 Å². The van der Waals surface area contributed by atoms with Gasteiger partial charge in [0, 0.05) is 9.77 Å². The average molecular weight is 278 g/mol. The number of hydrogen-bond acceptors (Lipinski definition) is 4. The van der Waals surface area contributed by atoms with E-state index < -0.39 is 5.91 Å². The van der Waals surface area contributed by atoms with E-state index in [4.69, 9.17) is 11.6 Å². The van der Waals surface area contributed by atoms with Gasteiger partial charge in [-0.25, -0.2) is 10.8 Å². The summed E-state index contributed by atoms with van der Waals surface area (Å²) >= 11 is 2.03. The maximum atomic E-state index is 11.0. The van der Waals surface area contributed by atoms with E-state index in [9.17, 15) is 4.79 Å². The van der Waals surface area contributed by atoms with Crippen molar-refractivity contribution in [3.8, 4) is 0 Å². The van der Waals surface area contributed by atoms with Crippen LogP contribution in [0.15, 0.2) is 12.3 Å². The van der Waals surface area contributed by atoms with Crippen LogP contribution in [0.1, 0.15) is 10.4 Å². The Morgan fingerprint density at radius 1 is 1.67 bits per heavy atom. The van der Waals surface area contributed by atoms with Gasteiger partial charge in [-0.15, -0.1) is 0 Å². The normalized spacial score (nSPS) is 9.50. The fourth-order valence-corrected chi connectivity index (χ4v) is 1.16. The van der Waals surface area contributed by atoms with Gasteiger partial charge in [0.1, 0.15) is 5.82 Å².